The van der Waals surface area contributed by atoms with Crippen molar-refractivity contribution in [2.75, 3.05) is 0 Å². The van der Waals surface area contributed by atoms with E-state index >= 15 is 0 Å². The number of aromatic hydroxyl groups is 4. The molecule has 0 heterocycles. The van der Waals surface area contributed by atoms with Crippen LogP contribution in [0.4, 0.5) is 0 Å². The zero-order valence-electron chi connectivity index (χ0n) is 12.3. The van der Waals surface area contributed by atoms with Crippen LogP contribution in [-0.2, 0) is 0 Å². The first kappa shape index (κ1) is 18.1. The van der Waals surface area contributed by atoms with Crippen LogP contribution >= 0.6 is 17.0 Å². The average molecular weight is 370 g/mol. The molecule has 2 aromatic carbocycles. The molecule has 0 aromatic heterocycles. The Balaban J connectivity index is 0.00000242. The fourth-order valence-electron chi connectivity index (χ4n) is 2.19. The van der Waals surface area contributed by atoms with Gasteiger partial charge in [-0.15, -0.1) is 17.0 Å². The predicted molar refractivity (Wildman–Crippen MR) is 89.8 cm³/mol. The van der Waals surface area contributed by atoms with Crippen molar-refractivity contribution >= 4 is 17.0 Å². The van der Waals surface area contributed by atoms with E-state index in [0.717, 1.165) is 11.1 Å². The summed E-state index contributed by atoms with van der Waals surface area (Å²) in [4.78, 5) is 0. The molecular weight excluding hydrogens is 350 g/mol. The van der Waals surface area contributed by atoms with Gasteiger partial charge >= 0.3 is 0 Å². The summed E-state index contributed by atoms with van der Waals surface area (Å²) >= 11 is 0. The molecule has 0 aliphatic rings. The molecule has 2 rings (SSSR count). The van der Waals surface area contributed by atoms with E-state index in [9.17, 15) is 20.4 Å². The first-order valence-electron chi connectivity index (χ1n) is 6.68. The zero-order chi connectivity index (χ0) is 15.6. The lowest BCUT2D eigenvalue weighted by molar-refractivity contribution is 0.399. The molecule has 0 spiro atoms. The molecule has 2 aromatic rings. The molecule has 6 heteroatoms. The number of hydrogen-bond donors (Lipinski definition) is 5. The minimum atomic E-state index is -0.156. The summed E-state index contributed by atoms with van der Waals surface area (Å²) in [5, 5.41) is 41.0. The molecule has 0 aliphatic carbocycles. The average Bonchev–Trinajstić information content (AvgIpc) is 2.44. The van der Waals surface area contributed by atoms with Crippen LogP contribution in [0, 0.1) is 0 Å². The summed E-state index contributed by atoms with van der Waals surface area (Å²) in [5.74, 6) is -0.614. The van der Waals surface area contributed by atoms with E-state index in [1.54, 1.807) is 12.1 Å². The van der Waals surface area contributed by atoms with Gasteiger partial charge in [-0.25, -0.2) is 0 Å². The van der Waals surface area contributed by atoms with Crippen LogP contribution < -0.4 is 5.32 Å². The van der Waals surface area contributed by atoms with Crippen molar-refractivity contribution in [1.82, 2.24) is 5.32 Å². The maximum absolute atomic E-state index is 9.53. The lowest BCUT2D eigenvalue weighted by atomic mass is 10.0. The van der Waals surface area contributed by atoms with E-state index < -0.39 is 0 Å². The number of halogens is 1. The van der Waals surface area contributed by atoms with E-state index in [1.165, 1.54) is 24.3 Å². The van der Waals surface area contributed by atoms with Gasteiger partial charge < -0.3 is 25.7 Å². The maximum atomic E-state index is 9.53. The van der Waals surface area contributed by atoms with Crippen molar-refractivity contribution in [1.29, 1.82) is 0 Å². The van der Waals surface area contributed by atoms with Crippen molar-refractivity contribution in [2.45, 2.75) is 25.9 Å². The Morgan fingerprint density at radius 1 is 0.682 bits per heavy atom. The van der Waals surface area contributed by atoms with Gasteiger partial charge in [0.15, 0.2) is 23.0 Å². The second-order valence-corrected chi connectivity index (χ2v) is 5.11. The molecule has 2 unspecified atom stereocenters. The topological polar surface area (TPSA) is 93.0 Å². The van der Waals surface area contributed by atoms with E-state index in [-0.39, 0.29) is 52.1 Å². The van der Waals surface area contributed by atoms with Crippen molar-refractivity contribution in [2.24, 2.45) is 0 Å². The molecule has 120 valence electrons. The third-order valence-electron chi connectivity index (χ3n) is 3.50. The highest BCUT2D eigenvalue weighted by molar-refractivity contribution is 8.93. The lowest BCUT2D eigenvalue weighted by Gasteiger charge is -2.21. The first-order chi connectivity index (χ1) is 9.88. The van der Waals surface area contributed by atoms with E-state index in [0.29, 0.717) is 0 Å². The molecule has 0 radical (unpaired) electrons. The molecule has 0 amide bonds. The van der Waals surface area contributed by atoms with Crippen molar-refractivity contribution in [3.05, 3.63) is 47.5 Å². The molecule has 0 aliphatic heterocycles. The third-order valence-corrected chi connectivity index (χ3v) is 3.50. The van der Waals surface area contributed by atoms with Gasteiger partial charge in [0.1, 0.15) is 0 Å². The van der Waals surface area contributed by atoms with Gasteiger partial charge in [-0.2, -0.15) is 0 Å². The molecule has 0 fully saturated rings. The summed E-state index contributed by atoms with van der Waals surface area (Å²) in [7, 11) is 0. The van der Waals surface area contributed by atoms with Crippen LogP contribution in [0.25, 0.3) is 0 Å². The van der Waals surface area contributed by atoms with Crippen molar-refractivity contribution in [3.8, 4) is 23.0 Å². The van der Waals surface area contributed by atoms with Crippen LogP contribution in [0.15, 0.2) is 36.4 Å². The van der Waals surface area contributed by atoms with Crippen LogP contribution in [0.2, 0.25) is 0 Å². The van der Waals surface area contributed by atoms with Gasteiger partial charge in [0.05, 0.1) is 0 Å². The molecule has 0 saturated heterocycles. The van der Waals surface area contributed by atoms with Gasteiger partial charge in [0.25, 0.3) is 0 Å². The fraction of sp³-hybridized carbons (Fsp3) is 0.250. The van der Waals surface area contributed by atoms with Gasteiger partial charge in [0.2, 0.25) is 0 Å². The minimum absolute atomic E-state index is 0. The van der Waals surface area contributed by atoms with Gasteiger partial charge in [-0.3, -0.25) is 0 Å². The van der Waals surface area contributed by atoms with Gasteiger partial charge in [-0.05, 0) is 49.2 Å². The van der Waals surface area contributed by atoms with Crippen LogP contribution in [0.3, 0.4) is 0 Å². The number of phenols is 4. The van der Waals surface area contributed by atoms with Gasteiger partial charge in [0, 0.05) is 12.1 Å². The molecule has 0 bridgehead atoms. The van der Waals surface area contributed by atoms with Crippen LogP contribution in [-0.4, -0.2) is 20.4 Å². The maximum Gasteiger partial charge on any atom is 0.157 e. The summed E-state index contributed by atoms with van der Waals surface area (Å²) in [6.45, 7) is 3.87. The Labute approximate surface area is 139 Å². The highest BCUT2D eigenvalue weighted by Gasteiger charge is 2.14. The smallest absolute Gasteiger partial charge is 0.157 e. The van der Waals surface area contributed by atoms with Crippen molar-refractivity contribution < 1.29 is 20.4 Å². The Kier molecular flexibility index (Phi) is 6.08. The largest absolute Gasteiger partial charge is 0.504 e. The summed E-state index contributed by atoms with van der Waals surface area (Å²) in [6, 6.07) is 9.23. The summed E-state index contributed by atoms with van der Waals surface area (Å²) in [6.07, 6.45) is 0. The monoisotopic (exact) mass is 369 g/mol. The molecular formula is C16H20BrNO4. The number of benzene rings is 2. The summed E-state index contributed by atoms with van der Waals surface area (Å²) in [5.41, 5.74) is 1.67. The molecule has 5 nitrogen and oxygen atoms in total. The second-order valence-electron chi connectivity index (χ2n) is 5.11. The van der Waals surface area contributed by atoms with E-state index in [1.807, 2.05) is 13.8 Å². The number of phenolic OH excluding ortho intramolecular Hbond substituents is 4. The van der Waals surface area contributed by atoms with Crippen molar-refractivity contribution in [3.63, 3.8) is 0 Å². The fourth-order valence-corrected chi connectivity index (χ4v) is 2.19. The molecule has 2 atom stereocenters. The third kappa shape index (κ3) is 4.05. The molecule has 22 heavy (non-hydrogen) atoms. The number of hydrogen-bond acceptors (Lipinski definition) is 5. The SMILES string of the molecule is Br.CC(NC(C)c1ccc(O)c(O)c1)c1ccc(O)c(O)c1. The standard InChI is InChI=1S/C16H19NO4.BrH/c1-9(11-3-5-13(18)15(20)7-11)17-10(2)12-4-6-14(19)16(21)8-12;/h3-10,17-21H,1-2H3;1H. The Morgan fingerprint density at radius 2 is 1.05 bits per heavy atom. The van der Waals surface area contributed by atoms with E-state index in [2.05, 4.69) is 5.32 Å². The Morgan fingerprint density at radius 3 is 1.36 bits per heavy atom. The Bertz CT molecular complexity index is 593. The van der Waals surface area contributed by atoms with Crippen LogP contribution in [0.5, 0.6) is 23.0 Å². The normalized spacial score (nSPS) is 13.2. The quantitative estimate of drug-likeness (QED) is 0.532. The first-order valence-corrected chi connectivity index (χ1v) is 6.68. The summed E-state index contributed by atoms with van der Waals surface area (Å²) < 4.78 is 0. The predicted octanol–water partition coefficient (Wildman–Crippen LogP) is 3.50. The highest BCUT2D eigenvalue weighted by atomic mass is 79.9. The zero-order valence-corrected chi connectivity index (χ0v) is 14.0. The second kappa shape index (κ2) is 7.38. The molecule has 0 saturated carbocycles. The van der Waals surface area contributed by atoms with Crippen LogP contribution in [0.1, 0.15) is 37.1 Å². The number of rotatable bonds is 4. The van der Waals surface area contributed by atoms with E-state index in [4.69, 9.17) is 0 Å². The molecule has 5 N–H and O–H groups in total. The van der Waals surface area contributed by atoms with Gasteiger partial charge in [-0.1, -0.05) is 12.1 Å². The highest BCUT2D eigenvalue weighted by Crippen LogP contribution is 2.31. The minimum Gasteiger partial charge on any atom is -0.504 e. The number of nitrogens with one attached hydrogen (secondary N) is 1. The lowest BCUT2D eigenvalue weighted by Crippen LogP contribution is -2.22. The Hall–Kier alpha value is -1.92.